The topological polar surface area (TPSA) is 104 Å². The summed E-state index contributed by atoms with van der Waals surface area (Å²) in [5.41, 5.74) is 0.864. The van der Waals surface area contributed by atoms with Crippen LogP contribution in [0.2, 0.25) is 0 Å². The monoisotopic (exact) mass is 679 g/mol. The van der Waals surface area contributed by atoms with Crippen molar-refractivity contribution in [3.63, 3.8) is 0 Å². The number of rotatable bonds is 24. The largest absolute Gasteiger partial charge is 0.455 e. The van der Waals surface area contributed by atoms with E-state index in [-0.39, 0.29) is 48.7 Å². The maximum absolute atomic E-state index is 11.7. The number of cyclic esters (lactones) is 1. The van der Waals surface area contributed by atoms with Gasteiger partial charge in [0, 0.05) is 5.57 Å². The van der Waals surface area contributed by atoms with E-state index in [0.29, 0.717) is 6.42 Å². The minimum absolute atomic E-state index is 0.0180. The third-order valence-electron chi connectivity index (χ3n) is 11.0. The lowest BCUT2D eigenvalue weighted by Crippen LogP contribution is -2.33. The summed E-state index contributed by atoms with van der Waals surface area (Å²) in [4.78, 5) is 11.7. The highest BCUT2D eigenvalue weighted by molar-refractivity contribution is 5.90. The van der Waals surface area contributed by atoms with Gasteiger partial charge in [0.2, 0.25) is 0 Å². The van der Waals surface area contributed by atoms with E-state index in [1.165, 1.54) is 70.6 Å². The molecule has 1 unspecified atom stereocenters. The average Bonchev–Trinajstić information content (AvgIpc) is 3.84. The Balaban J connectivity index is 0.983. The van der Waals surface area contributed by atoms with E-state index in [9.17, 15) is 15.0 Å². The van der Waals surface area contributed by atoms with Crippen LogP contribution in [0.1, 0.15) is 175 Å². The zero-order valence-electron chi connectivity index (χ0n) is 30.9. The molecular formula is C40H70O8. The molecule has 8 heteroatoms. The molecule has 0 bridgehead atoms. The number of aliphatic hydroxyl groups excluding tert-OH is 2. The lowest BCUT2D eigenvalue weighted by atomic mass is 9.98. The molecule has 0 spiro atoms. The van der Waals surface area contributed by atoms with Gasteiger partial charge in [0.25, 0.3) is 0 Å². The molecule has 0 aromatic rings. The van der Waals surface area contributed by atoms with Gasteiger partial charge >= 0.3 is 5.97 Å². The van der Waals surface area contributed by atoms with Gasteiger partial charge in [-0.25, -0.2) is 4.79 Å². The summed E-state index contributed by atoms with van der Waals surface area (Å²) in [6.45, 7) is 8.14. The molecule has 3 fully saturated rings. The van der Waals surface area contributed by atoms with Crippen LogP contribution in [0, 0.1) is 0 Å². The van der Waals surface area contributed by atoms with E-state index < -0.39 is 18.0 Å². The van der Waals surface area contributed by atoms with Crippen LogP contribution in [-0.2, 0) is 28.5 Å². The molecule has 4 rings (SSSR count). The van der Waals surface area contributed by atoms with Crippen molar-refractivity contribution in [2.24, 2.45) is 0 Å². The molecular weight excluding hydrogens is 608 g/mol. The summed E-state index contributed by atoms with van der Waals surface area (Å²) in [6.07, 6.45) is 25.5. The van der Waals surface area contributed by atoms with E-state index in [1.807, 2.05) is 26.8 Å². The van der Waals surface area contributed by atoms with Crippen LogP contribution in [-0.4, -0.2) is 76.9 Å². The van der Waals surface area contributed by atoms with Gasteiger partial charge in [-0.2, -0.15) is 0 Å². The average molecular weight is 679 g/mol. The van der Waals surface area contributed by atoms with E-state index >= 15 is 0 Å². The van der Waals surface area contributed by atoms with Crippen LogP contribution in [0.5, 0.6) is 0 Å². The lowest BCUT2D eigenvalue weighted by molar-refractivity contribution is -0.147. The van der Waals surface area contributed by atoms with E-state index in [0.717, 1.165) is 76.2 Å². The Morgan fingerprint density at radius 2 is 1.21 bits per heavy atom. The van der Waals surface area contributed by atoms with Gasteiger partial charge in [0.15, 0.2) is 5.79 Å². The first-order valence-electron chi connectivity index (χ1n) is 20.1. The molecule has 0 aliphatic carbocycles. The first kappa shape index (κ1) is 39.8. The number of carbonyl (C=O) groups excluding carboxylic acids is 1. The molecule has 0 radical (unpaired) electrons. The van der Waals surface area contributed by atoms with Crippen molar-refractivity contribution in [1.82, 2.24) is 0 Å². The van der Waals surface area contributed by atoms with Crippen LogP contribution in [0.3, 0.4) is 0 Å². The SMILES string of the molecule is CCCCC[C@H]1OC(C)(C)O[C@@H]1CCC[C@@H](O)[C@@H]1CC[C@H]([C@H]2CC[C@H]([C@H](O)CCCCCCCCCCCCC3=CC(C)OC3=O)O2)O1. The van der Waals surface area contributed by atoms with Gasteiger partial charge in [0.05, 0.1) is 48.8 Å². The molecule has 48 heavy (non-hydrogen) atoms. The number of hydrogen-bond donors (Lipinski definition) is 2. The molecule has 8 nitrogen and oxygen atoms in total. The van der Waals surface area contributed by atoms with Gasteiger partial charge in [-0.15, -0.1) is 0 Å². The van der Waals surface area contributed by atoms with Crippen molar-refractivity contribution in [2.45, 2.75) is 236 Å². The van der Waals surface area contributed by atoms with Gasteiger partial charge in [-0.05, 0) is 97.5 Å². The number of esters is 1. The molecule has 9 atom stereocenters. The summed E-state index contributed by atoms with van der Waals surface area (Å²) in [6, 6.07) is 0. The van der Waals surface area contributed by atoms with Gasteiger partial charge in [0.1, 0.15) is 6.10 Å². The molecule has 0 aromatic carbocycles. The Morgan fingerprint density at radius 3 is 1.73 bits per heavy atom. The standard InChI is InChI=1S/C40H70O8/c1-5-6-15-22-37-38(48-40(3,4)47-37)23-18-21-32(42)34-25-27-36(46-34)35-26-24-33(45-35)31(41)20-17-14-12-10-8-7-9-11-13-16-19-30-28-29(2)44-39(30)43/h28-29,31-38,41-42H,5-27H2,1-4H3/t29?,31-,32-,33-,34+,35-,36-,37-,38-/m1/s1. The second-order valence-electron chi connectivity index (χ2n) is 15.7. The molecule has 2 N–H and O–H groups in total. The molecule has 4 aliphatic heterocycles. The quantitative estimate of drug-likeness (QED) is 0.0773. The molecule has 4 aliphatic rings. The highest BCUT2D eigenvalue weighted by Gasteiger charge is 2.42. The fourth-order valence-corrected chi connectivity index (χ4v) is 8.28. The van der Waals surface area contributed by atoms with Crippen LogP contribution < -0.4 is 0 Å². The first-order chi connectivity index (χ1) is 23.1. The zero-order chi connectivity index (χ0) is 34.4. The Bertz CT molecular complexity index is 952. The van der Waals surface area contributed by atoms with E-state index in [2.05, 4.69) is 6.92 Å². The van der Waals surface area contributed by atoms with E-state index in [4.69, 9.17) is 23.7 Å². The summed E-state index contributed by atoms with van der Waals surface area (Å²) in [5.74, 6) is -0.646. The van der Waals surface area contributed by atoms with Crippen molar-refractivity contribution in [3.05, 3.63) is 11.6 Å². The third kappa shape index (κ3) is 13.3. The fourth-order valence-electron chi connectivity index (χ4n) is 8.28. The highest BCUT2D eigenvalue weighted by atomic mass is 16.7. The summed E-state index contributed by atoms with van der Waals surface area (Å²) < 4.78 is 30.2. The number of ether oxygens (including phenoxy) is 5. The van der Waals surface area contributed by atoms with Gasteiger partial charge < -0.3 is 33.9 Å². The Labute approximate surface area is 292 Å². The molecule has 278 valence electrons. The number of aliphatic hydroxyl groups is 2. The van der Waals surface area contributed by atoms with Crippen molar-refractivity contribution < 1.29 is 38.7 Å². The summed E-state index contributed by atoms with van der Waals surface area (Å²) >= 11 is 0. The number of hydrogen-bond acceptors (Lipinski definition) is 8. The van der Waals surface area contributed by atoms with Crippen molar-refractivity contribution in [3.8, 4) is 0 Å². The fraction of sp³-hybridized carbons (Fsp3) is 0.925. The Hall–Kier alpha value is -1.03. The predicted molar refractivity (Wildman–Crippen MR) is 189 cm³/mol. The van der Waals surface area contributed by atoms with E-state index in [1.54, 1.807) is 0 Å². The van der Waals surface area contributed by atoms with Crippen molar-refractivity contribution in [1.29, 1.82) is 0 Å². The maximum atomic E-state index is 11.7. The van der Waals surface area contributed by atoms with Gasteiger partial charge in [-0.1, -0.05) is 84.0 Å². The van der Waals surface area contributed by atoms with Gasteiger partial charge in [-0.3, -0.25) is 0 Å². The molecule has 3 saturated heterocycles. The van der Waals surface area contributed by atoms with Crippen molar-refractivity contribution >= 4 is 5.97 Å². The minimum Gasteiger partial charge on any atom is -0.455 e. The maximum Gasteiger partial charge on any atom is 0.334 e. The second-order valence-corrected chi connectivity index (χ2v) is 15.7. The van der Waals surface area contributed by atoms with Crippen LogP contribution in [0.25, 0.3) is 0 Å². The van der Waals surface area contributed by atoms with Crippen molar-refractivity contribution in [2.75, 3.05) is 0 Å². The smallest absolute Gasteiger partial charge is 0.334 e. The third-order valence-corrected chi connectivity index (χ3v) is 11.0. The second kappa shape index (κ2) is 20.7. The Kier molecular flexibility index (Phi) is 17.2. The first-order valence-corrected chi connectivity index (χ1v) is 20.1. The number of carbonyl (C=O) groups is 1. The normalized spacial score (nSPS) is 31.3. The number of unbranched alkanes of at least 4 members (excludes halogenated alkanes) is 11. The minimum atomic E-state index is -0.524. The predicted octanol–water partition coefficient (Wildman–Crippen LogP) is 8.63. The molecule has 0 aromatic heterocycles. The summed E-state index contributed by atoms with van der Waals surface area (Å²) in [7, 11) is 0. The van der Waals surface area contributed by atoms with Crippen LogP contribution >= 0.6 is 0 Å². The Morgan fingerprint density at radius 1 is 0.708 bits per heavy atom. The van der Waals surface area contributed by atoms with Crippen LogP contribution in [0.4, 0.5) is 0 Å². The molecule has 0 amide bonds. The van der Waals surface area contributed by atoms with Crippen LogP contribution in [0.15, 0.2) is 11.6 Å². The summed E-state index contributed by atoms with van der Waals surface area (Å²) in [5, 5.41) is 21.8. The highest BCUT2D eigenvalue weighted by Crippen LogP contribution is 2.36. The molecule has 0 saturated carbocycles. The lowest BCUT2D eigenvalue weighted by Gasteiger charge is -2.24. The zero-order valence-corrected chi connectivity index (χ0v) is 30.9. The molecule has 4 heterocycles.